The summed E-state index contributed by atoms with van der Waals surface area (Å²) in [6.45, 7) is 6.69. The van der Waals surface area contributed by atoms with Gasteiger partial charge in [-0.15, -0.1) is 0 Å². The molecule has 0 atom stereocenters. The van der Waals surface area contributed by atoms with E-state index in [-0.39, 0.29) is 6.03 Å². The minimum Gasteiger partial charge on any atom is -0.372 e. The molecule has 0 unspecified atom stereocenters. The predicted molar refractivity (Wildman–Crippen MR) is 100 cm³/mol. The van der Waals surface area contributed by atoms with Crippen molar-refractivity contribution in [2.45, 2.75) is 20.4 Å². The molecular formula is C18H22BrN3O. The second kappa shape index (κ2) is 8.58. The van der Waals surface area contributed by atoms with Crippen LogP contribution in [0.25, 0.3) is 0 Å². The molecule has 0 fully saturated rings. The van der Waals surface area contributed by atoms with Gasteiger partial charge in [0.25, 0.3) is 0 Å². The van der Waals surface area contributed by atoms with E-state index in [9.17, 15) is 4.79 Å². The van der Waals surface area contributed by atoms with Gasteiger partial charge < -0.3 is 15.5 Å². The van der Waals surface area contributed by atoms with E-state index < -0.39 is 0 Å². The summed E-state index contributed by atoms with van der Waals surface area (Å²) in [4.78, 5) is 14.2. The number of hydrogen-bond donors (Lipinski definition) is 2. The molecule has 0 aliphatic rings. The summed E-state index contributed by atoms with van der Waals surface area (Å²) in [6, 6.07) is 15.6. The van der Waals surface area contributed by atoms with Gasteiger partial charge in [0.15, 0.2) is 0 Å². The van der Waals surface area contributed by atoms with Crippen molar-refractivity contribution in [3.63, 3.8) is 0 Å². The lowest BCUT2D eigenvalue weighted by Gasteiger charge is -2.21. The minimum absolute atomic E-state index is 0.208. The van der Waals surface area contributed by atoms with Crippen molar-refractivity contribution in [3.8, 4) is 0 Å². The first-order chi connectivity index (χ1) is 11.1. The molecule has 0 aromatic heterocycles. The zero-order valence-electron chi connectivity index (χ0n) is 13.5. The summed E-state index contributed by atoms with van der Waals surface area (Å²) < 4.78 is 1.00. The third-order valence-electron chi connectivity index (χ3n) is 3.60. The highest BCUT2D eigenvalue weighted by Gasteiger charge is 2.04. The molecule has 0 saturated carbocycles. The molecule has 122 valence electrons. The van der Waals surface area contributed by atoms with E-state index in [4.69, 9.17) is 0 Å². The summed E-state index contributed by atoms with van der Waals surface area (Å²) in [5.41, 5.74) is 2.99. The third-order valence-corrected chi connectivity index (χ3v) is 4.09. The molecule has 2 amide bonds. The fourth-order valence-corrected chi connectivity index (χ4v) is 2.80. The van der Waals surface area contributed by atoms with Crippen LogP contribution in [0.15, 0.2) is 53.0 Å². The van der Waals surface area contributed by atoms with Crippen molar-refractivity contribution >= 4 is 33.3 Å². The quantitative estimate of drug-likeness (QED) is 0.773. The number of carbonyl (C=O) groups excluding carboxylic acids is 1. The number of urea groups is 1. The molecule has 0 aliphatic carbocycles. The smallest absolute Gasteiger partial charge is 0.319 e. The molecule has 0 aliphatic heterocycles. The zero-order chi connectivity index (χ0) is 16.7. The second-order valence-electron chi connectivity index (χ2n) is 5.16. The van der Waals surface area contributed by atoms with Gasteiger partial charge >= 0.3 is 6.03 Å². The molecule has 5 heteroatoms. The second-order valence-corrected chi connectivity index (χ2v) is 6.07. The number of nitrogens with zero attached hydrogens (tertiary/aromatic N) is 1. The SMILES string of the molecule is CCN(CC)c1ccc(NC(=O)NCc2cccc(Br)c2)cc1. The Balaban J connectivity index is 1.87. The number of rotatable bonds is 6. The minimum atomic E-state index is -0.208. The topological polar surface area (TPSA) is 44.4 Å². The number of benzene rings is 2. The first-order valence-electron chi connectivity index (χ1n) is 7.76. The van der Waals surface area contributed by atoms with E-state index in [1.807, 2.05) is 48.5 Å². The molecule has 2 aromatic carbocycles. The van der Waals surface area contributed by atoms with Crippen LogP contribution < -0.4 is 15.5 Å². The summed E-state index contributed by atoms with van der Waals surface area (Å²) in [5, 5.41) is 5.70. The van der Waals surface area contributed by atoms with E-state index in [1.165, 1.54) is 0 Å². The van der Waals surface area contributed by atoms with Crippen LogP contribution in [-0.2, 0) is 6.54 Å². The number of carbonyl (C=O) groups is 1. The molecule has 2 rings (SSSR count). The van der Waals surface area contributed by atoms with Gasteiger partial charge in [-0.3, -0.25) is 0 Å². The van der Waals surface area contributed by atoms with Gasteiger partial charge in [0, 0.05) is 35.5 Å². The number of amides is 2. The van der Waals surface area contributed by atoms with E-state index in [1.54, 1.807) is 0 Å². The maximum absolute atomic E-state index is 12.0. The molecule has 0 spiro atoms. The lowest BCUT2D eigenvalue weighted by molar-refractivity contribution is 0.251. The lowest BCUT2D eigenvalue weighted by Crippen LogP contribution is -2.28. The highest BCUT2D eigenvalue weighted by atomic mass is 79.9. The molecule has 0 bridgehead atoms. The number of hydrogen-bond acceptors (Lipinski definition) is 2. The van der Waals surface area contributed by atoms with Crippen molar-refractivity contribution < 1.29 is 4.79 Å². The maximum atomic E-state index is 12.0. The van der Waals surface area contributed by atoms with Crippen LogP contribution in [0.2, 0.25) is 0 Å². The normalized spacial score (nSPS) is 10.2. The largest absolute Gasteiger partial charge is 0.372 e. The highest BCUT2D eigenvalue weighted by Crippen LogP contribution is 2.17. The molecule has 0 saturated heterocycles. The average Bonchev–Trinajstić information content (AvgIpc) is 2.56. The molecular weight excluding hydrogens is 354 g/mol. The van der Waals surface area contributed by atoms with Gasteiger partial charge in [-0.25, -0.2) is 4.79 Å². The van der Waals surface area contributed by atoms with E-state index >= 15 is 0 Å². The van der Waals surface area contributed by atoms with Gasteiger partial charge in [0.1, 0.15) is 0 Å². The van der Waals surface area contributed by atoms with Gasteiger partial charge in [-0.05, 0) is 55.8 Å². The van der Waals surface area contributed by atoms with Crippen molar-refractivity contribution in [2.24, 2.45) is 0 Å². The molecule has 23 heavy (non-hydrogen) atoms. The Hall–Kier alpha value is -2.01. The monoisotopic (exact) mass is 375 g/mol. The van der Waals surface area contributed by atoms with Gasteiger partial charge in [0.05, 0.1) is 0 Å². The summed E-state index contributed by atoms with van der Waals surface area (Å²) >= 11 is 3.42. The van der Waals surface area contributed by atoms with Crippen molar-refractivity contribution in [1.82, 2.24) is 5.32 Å². The van der Waals surface area contributed by atoms with Crippen molar-refractivity contribution in [2.75, 3.05) is 23.3 Å². The summed E-state index contributed by atoms with van der Waals surface area (Å²) in [5.74, 6) is 0. The van der Waals surface area contributed by atoms with Gasteiger partial charge in [-0.2, -0.15) is 0 Å². The van der Waals surface area contributed by atoms with Crippen LogP contribution in [0.5, 0.6) is 0 Å². The number of halogens is 1. The number of anilines is 2. The van der Waals surface area contributed by atoms with Gasteiger partial charge in [0.2, 0.25) is 0 Å². The van der Waals surface area contributed by atoms with Crippen LogP contribution in [0.4, 0.5) is 16.2 Å². The fourth-order valence-electron chi connectivity index (χ4n) is 2.35. The Bertz CT molecular complexity index is 639. The molecule has 0 heterocycles. The average molecular weight is 376 g/mol. The summed E-state index contributed by atoms with van der Waals surface area (Å²) in [6.07, 6.45) is 0. The Morgan fingerprint density at radius 1 is 1.09 bits per heavy atom. The van der Waals surface area contributed by atoms with Crippen LogP contribution in [0.3, 0.4) is 0 Å². The Kier molecular flexibility index (Phi) is 6.47. The van der Waals surface area contributed by atoms with E-state index in [0.717, 1.165) is 34.5 Å². The molecule has 0 radical (unpaired) electrons. The standard InChI is InChI=1S/C18H22BrN3O/c1-3-22(4-2)17-10-8-16(9-11-17)21-18(23)20-13-14-6-5-7-15(19)12-14/h5-12H,3-4,13H2,1-2H3,(H2,20,21,23). The zero-order valence-corrected chi connectivity index (χ0v) is 15.1. The van der Waals surface area contributed by atoms with Crippen molar-refractivity contribution in [3.05, 3.63) is 58.6 Å². The van der Waals surface area contributed by atoms with Crippen LogP contribution in [0.1, 0.15) is 19.4 Å². The van der Waals surface area contributed by atoms with Crippen LogP contribution in [-0.4, -0.2) is 19.1 Å². The highest BCUT2D eigenvalue weighted by molar-refractivity contribution is 9.10. The first-order valence-corrected chi connectivity index (χ1v) is 8.56. The van der Waals surface area contributed by atoms with Crippen LogP contribution >= 0.6 is 15.9 Å². The van der Waals surface area contributed by atoms with Crippen LogP contribution in [0, 0.1) is 0 Å². The Morgan fingerprint density at radius 3 is 2.39 bits per heavy atom. The van der Waals surface area contributed by atoms with Gasteiger partial charge in [-0.1, -0.05) is 28.1 Å². The summed E-state index contributed by atoms with van der Waals surface area (Å²) in [7, 11) is 0. The fraction of sp³-hybridized carbons (Fsp3) is 0.278. The Morgan fingerprint density at radius 2 is 1.78 bits per heavy atom. The Labute approximate surface area is 146 Å². The molecule has 4 nitrogen and oxygen atoms in total. The molecule has 2 aromatic rings. The maximum Gasteiger partial charge on any atom is 0.319 e. The molecule has 2 N–H and O–H groups in total. The lowest BCUT2D eigenvalue weighted by atomic mass is 10.2. The third kappa shape index (κ3) is 5.28. The predicted octanol–water partition coefficient (Wildman–Crippen LogP) is 4.62. The number of nitrogens with one attached hydrogen (secondary N) is 2. The van der Waals surface area contributed by atoms with Crippen molar-refractivity contribution in [1.29, 1.82) is 0 Å². The van der Waals surface area contributed by atoms with E-state index in [0.29, 0.717) is 6.54 Å². The first kappa shape index (κ1) is 17.3. The van der Waals surface area contributed by atoms with E-state index in [2.05, 4.69) is 45.3 Å².